The molecule has 3 aromatic carbocycles. The number of benzene rings is 3. The first-order valence-electron chi connectivity index (χ1n) is 8.87. The second kappa shape index (κ2) is 7.97. The zero-order valence-electron chi connectivity index (χ0n) is 15.4. The Morgan fingerprint density at radius 3 is 2.52 bits per heavy atom. The van der Waals surface area contributed by atoms with E-state index in [2.05, 4.69) is 31.3 Å². The van der Waals surface area contributed by atoms with Gasteiger partial charge in [-0.3, -0.25) is 4.79 Å². The molecular weight excluding hydrogens is 435 g/mol. The molecule has 0 fully saturated rings. The molecule has 144 valence electrons. The van der Waals surface area contributed by atoms with Gasteiger partial charge in [-0.1, -0.05) is 40.2 Å². The molecule has 1 amide bonds. The molecule has 1 N–H and O–H groups in total. The molecule has 1 aromatic heterocycles. The predicted octanol–water partition coefficient (Wildman–Crippen LogP) is 5.40. The number of carbonyl (C=O) groups excluding carboxylic acids is 1. The van der Waals surface area contributed by atoms with E-state index in [0.717, 1.165) is 15.7 Å². The van der Waals surface area contributed by atoms with E-state index in [1.165, 1.54) is 12.1 Å². The van der Waals surface area contributed by atoms with E-state index in [0.29, 0.717) is 17.1 Å². The van der Waals surface area contributed by atoms with Crippen molar-refractivity contribution in [1.82, 2.24) is 14.8 Å². The van der Waals surface area contributed by atoms with Crippen LogP contribution in [0, 0.1) is 12.7 Å². The van der Waals surface area contributed by atoms with Crippen LogP contribution in [0.1, 0.15) is 16.2 Å². The predicted molar refractivity (Wildman–Crippen MR) is 114 cm³/mol. The van der Waals surface area contributed by atoms with Gasteiger partial charge < -0.3 is 5.32 Å². The minimum Gasteiger partial charge on any atom is -0.319 e. The van der Waals surface area contributed by atoms with Gasteiger partial charge in [0.05, 0.1) is 5.69 Å². The van der Waals surface area contributed by atoms with Crippen molar-refractivity contribution >= 4 is 27.5 Å². The molecule has 0 aliphatic carbocycles. The normalized spacial score (nSPS) is 10.7. The first-order valence-corrected chi connectivity index (χ1v) is 9.66. The first-order chi connectivity index (χ1) is 14.0. The third kappa shape index (κ3) is 4.09. The number of hydrogen-bond acceptors (Lipinski definition) is 3. The Morgan fingerprint density at radius 1 is 1.03 bits per heavy atom. The molecule has 0 saturated heterocycles. The Kier molecular flexibility index (Phi) is 5.22. The van der Waals surface area contributed by atoms with E-state index >= 15 is 0 Å². The average Bonchev–Trinajstić information content (AvgIpc) is 3.14. The van der Waals surface area contributed by atoms with Crippen LogP contribution >= 0.6 is 15.9 Å². The van der Waals surface area contributed by atoms with Crippen molar-refractivity contribution in [1.29, 1.82) is 0 Å². The first kappa shape index (κ1) is 19.0. The lowest BCUT2D eigenvalue weighted by Crippen LogP contribution is -2.14. The third-order valence-corrected chi connectivity index (χ3v) is 4.83. The highest BCUT2D eigenvalue weighted by molar-refractivity contribution is 9.10. The Hall–Kier alpha value is -3.32. The maximum atomic E-state index is 13.4. The molecule has 0 atom stereocenters. The number of para-hydroxylation sites is 1. The molecule has 0 aliphatic heterocycles. The maximum absolute atomic E-state index is 13.4. The fourth-order valence-electron chi connectivity index (χ4n) is 2.92. The summed E-state index contributed by atoms with van der Waals surface area (Å²) in [5, 5.41) is 7.25. The van der Waals surface area contributed by atoms with E-state index < -0.39 is 5.91 Å². The smallest absolute Gasteiger partial charge is 0.295 e. The topological polar surface area (TPSA) is 59.8 Å². The fraction of sp³-hybridized carbons (Fsp3) is 0.0455. The van der Waals surface area contributed by atoms with Crippen LogP contribution in [-0.2, 0) is 0 Å². The summed E-state index contributed by atoms with van der Waals surface area (Å²) in [7, 11) is 0. The largest absolute Gasteiger partial charge is 0.319 e. The highest BCUT2D eigenvalue weighted by atomic mass is 79.9. The third-order valence-electron chi connectivity index (χ3n) is 4.34. The molecule has 1 heterocycles. The standard InChI is InChI=1S/C22H16BrFN4O/c1-14-5-2-3-8-19(14)28-21(15-9-11-17(24)12-10-15)26-20(27-28)22(29)25-18-7-4-6-16(23)13-18/h2-13H,1H3,(H,25,29). The van der Waals surface area contributed by atoms with Gasteiger partial charge >= 0.3 is 0 Å². The fourth-order valence-corrected chi connectivity index (χ4v) is 3.32. The van der Waals surface area contributed by atoms with Gasteiger partial charge in [0, 0.05) is 15.7 Å². The van der Waals surface area contributed by atoms with E-state index in [-0.39, 0.29) is 11.6 Å². The van der Waals surface area contributed by atoms with Crippen molar-refractivity contribution in [2.45, 2.75) is 6.92 Å². The zero-order chi connectivity index (χ0) is 20.4. The van der Waals surface area contributed by atoms with Gasteiger partial charge in [-0.2, -0.15) is 0 Å². The van der Waals surface area contributed by atoms with Crippen molar-refractivity contribution in [2.24, 2.45) is 0 Å². The van der Waals surface area contributed by atoms with Crippen LogP contribution in [0.4, 0.5) is 10.1 Å². The second-order valence-electron chi connectivity index (χ2n) is 6.43. The lowest BCUT2D eigenvalue weighted by atomic mass is 10.1. The highest BCUT2D eigenvalue weighted by Crippen LogP contribution is 2.24. The summed E-state index contributed by atoms with van der Waals surface area (Å²) in [5.74, 6) is -0.298. The number of rotatable bonds is 4. The van der Waals surface area contributed by atoms with Gasteiger partial charge in [0.1, 0.15) is 5.82 Å². The van der Waals surface area contributed by atoms with Crippen LogP contribution in [0.5, 0.6) is 0 Å². The van der Waals surface area contributed by atoms with Crippen LogP contribution < -0.4 is 5.32 Å². The number of carbonyl (C=O) groups is 1. The quantitative estimate of drug-likeness (QED) is 0.452. The van der Waals surface area contributed by atoms with Crippen molar-refractivity contribution in [3.05, 3.63) is 94.5 Å². The molecule has 0 aliphatic rings. The monoisotopic (exact) mass is 450 g/mol. The lowest BCUT2D eigenvalue weighted by Gasteiger charge is -2.08. The Balaban J connectivity index is 1.78. The molecule has 0 radical (unpaired) electrons. The van der Waals surface area contributed by atoms with Gasteiger partial charge in [0.15, 0.2) is 5.82 Å². The van der Waals surface area contributed by atoms with Crippen LogP contribution in [0.2, 0.25) is 0 Å². The van der Waals surface area contributed by atoms with Crippen molar-refractivity contribution in [2.75, 3.05) is 5.32 Å². The minimum atomic E-state index is -0.432. The van der Waals surface area contributed by atoms with Crippen LogP contribution in [-0.4, -0.2) is 20.7 Å². The van der Waals surface area contributed by atoms with Crippen molar-refractivity contribution in [3.8, 4) is 17.1 Å². The summed E-state index contributed by atoms with van der Waals surface area (Å²) in [6, 6.07) is 20.9. The molecule has 0 bridgehead atoms. The molecule has 0 spiro atoms. The van der Waals surface area contributed by atoms with Gasteiger partial charge in [-0.15, -0.1) is 5.10 Å². The average molecular weight is 451 g/mol. The highest BCUT2D eigenvalue weighted by Gasteiger charge is 2.20. The van der Waals surface area contributed by atoms with Gasteiger partial charge in [-0.25, -0.2) is 14.1 Å². The SMILES string of the molecule is Cc1ccccc1-n1nc(C(=O)Nc2cccc(Br)c2)nc1-c1ccc(F)cc1. The van der Waals surface area contributed by atoms with Gasteiger partial charge in [-0.05, 0) is 61.0 Å². The summed E-state index contributed by atoms with van der Waals surface area (Å²) >= 11 is 3.38. The molecule has 7 heteroatoms. The summed E-state index contributed by atoms with van der Waals surface area (Å²) in [6.07, 6.45) is 0. The maximum Gasteiger partial charge on any atom is 0.295 e. The van der Waals surface area contributed by atoms with Crippen LogP contribution in [0.25, 0.3) is 17.1 Å². The van der Waals surface area contributed by atoms with E-state index in [9.17, 15) is 9.18 Å². The number of nitrogens with zero attached hydrogens (tertiary/aromatic N) is 3. The summed E-state index contributed by atoms with van der Waals surface area (Å²) in [5.41, 5.74) is 3.05. The number of aromatic nitrogens is 3. The lowest BCUT2D eigenvalue weighted by molar-refractivity contribution is 0.101. The van der Waals surface area contributed by atoms with Crippen LogP contribution in [0.15, 0.2) is 77.3 Å². The second-order valence-corrected chi connectivity index (χ2v) is 7.34. The number of amides is 1. The Morgan fingerprint density at radius 2 is 1.79 bits per heavy atom. The van der Waals surface area contributed by atoms with E-state index in [1.54, 1.807) is 28.9 Å². The van der Waals surface area contributed by atoms with Gasteiger partial charge in [0.25, 0.3) is 5.91 Å². The van der Waals surface area contributed by atoms with Crippen molar-refractivity contribution < 1.29 is 9.18 Å². The molecule has 4 rings (SSSR count). The number of nitrogens with one attached hydrogen (secondary N) is 1. The van der Waals surface area contributed by atoms with E-state index in [1.807, 2.05) is 43.3 Å². The van der Waals surface area contributed by atoms with Gasteiger partial charge in [0.2, 0.25) is 5.82 Å². The zero-order valence-corrected chi connectivity index (χ0v) is 17.0. The Labute approximate surface area is 175 Å². The molecule has 5 nitrogen and oxygen atoms in total. The number of hydrogen-bond donors (Lipinski definition) is 1. The van der Waals surface area contributed by atoms with Crippen molar-refractivity contribution in [3.63, 3.8) is 0 Å². The van der Waals surface area contributed by atoms with Crippen LogP contribution in [0.3, 0.4) is 0 Å². The molecule has 29 heavy (non-hydrogen) atoms. The van der Waals surface area contributed by atoms with E-state index in [4.69, 9.17) is 0 Å². The number of aryl methyl sites for hydroxylation is 1. The summed E-state index contributed by atoms with van der Waals surface area (Å²) in [6.45, 7) is 1.95. The molecular formula is C22H16BrFN4O. The minimum absolute atomic E-state index is 0.0209. The molecule has 0 saturated carbocycles. The Bertz CT molecular complexity index is 1190. The summed E-state index contributed by atoms with van der Waals surface area (Å²) < 4.78 is 15.8. The number of anilines is 1. The number of halogens is 2. The summed E-state index contributed by atoms with van der Waals surface area (Å²) in [4.78, 5) is 17.2. The molecule has 0 unspecified atom stereocenters. The molecule has 4 aromatic rings.